The highest BCUT2D eigenvalue weighted by Gasteiger charge is 2.21. The van der Waals surface area contributed by atoms with Crippen molar-refractivity contribution in [3.63, 3.8) is 0 Å². The number of nitrogens with one attached hydrogen (secondary N) is 1. The van der Waals surface area contributed by atoms with Crippen LogP contribution in [-0.4, -0.2) is 35.8 Å². The van der Waals surface area contributed by atoms with Crippen molar-refractivity contribution in [3.05, 3.63) is 0 Å². The highest BCUT2D eigenvalue weighted by molar-refractivity contribution is 5.74. The minimum atomic E-state index is -0.0181. The fraction of sp³-hybridized carbons (Fsp3) is 0.778. The Balaban J connectivity index is 2.41. The maximum Gasteiger partial charge on any atom is 0.219 e. The van der Waals surface area contributed by atoms with Gasteiger partial charge in [0.25, 0.3) is 0 Å². The number of carbonyl (C=O) groups excluding carboxylic acids is 2. The monoisotopic (exact) mass is 184 g/mol. The van der Waals surface area contributed by atoms with Gasteiger partial charge in [-0.2, -0.15) is 0 Å². The van der Waals surface area contributed by atoms with Crippen LogP contribution in [0.5, 0.6) is 0 Å². The minimum Gasteiger partial charge on any atom is -0.352 e. The first-order valence-electron chi connectivity index (χ1n) is 4.62. The third-order valence-corrected chi connectivity index (χ3v) is 2.27. The van der Waals surface area contributed by atoms with Gasteiger partial charge in [-0.3, -0.25) is 9.59 Å². The van der Waals surface area contributed by atoms with Crippen LogP contribution in [0.1, 0.15) is 26.7 Å². The minimum absolute atomic E-state index is 0.0181. The summed E-state index contributed by atoms with van der Waals surface area (Å²) in [5.41, 5.74) is 0. The van der Waals surface area contributed by atoms with Crippen LogP contribution in [0.3, 0.4) is 0 Å². The normalized spacial score (nSPS) is 22.6. The number of hydrogen-bond donors (Lipinski definition) is 1. The van der Waals surface area contributed by atoms with Crippen molar-refractivity contribution in [2.45, 2.75) is 32.7 Å². The fourth-order valence-electron chi connectivity index (χ4n) is 1.67. The third kappa shape index (κ3) is 3.05. The molecule has 0 spiro atoms. The average molecular weight is 184 g/mol. The molecule has 0 aromatic carbocycles. The van der Waals surface area contributed by atoms with Gasteiger partial charge in [-0.05, 0) is 12.8 Å². The van der Waals surface area contributed by atoms with Gasteiger partial charge in [-0.25, -0.2) is 0 Å². The molecule has 1 heterocycles. The zero-order valence-corrected chi connectivity index (χ0v) is 8.17. The first-order chi connectivity index (χ1) is 6.09. The van der Waals surface area contributed by atoms with Crippen LogP contribution >= 0.6 is 0 Å². The molecule has 1 unspecified atom stereocenters. The van der Waals surface area contributed by atoms with E-state index in [1.807, 2.05) is 0 Å². The smallest absolute Gasteiger partial charge is 0.219 e. The molecule has 1 atom stereocenters. The van der Waals surface area contributed by atoms with E-state index in [4.69, 9.17) is 0 Å². The number of amides is 2. The van der Waals surface area contributed by atoms with Crippen LogP contribution in [0.25, 0.3) is 0 Å². The lowest BCUT2D eigenvalue weighted by Gasteiger charge is -2.32. The summed E-state index contributed by atoms with van der Waals surface area (Å²) in [6.45, 7) is 4.56. The van der Waals surface area contributed by atoms with Crippen molar-refractivity contribution in [2.24, 2.45) is 0 Å². The maximum absolute atomic E-state index is 11.0. The lowest BCUT2D eigenvalue weighted by molar-refractivity contribution is -0.131. The number of nitrogens with zero attached hydrogens (tertiary/aromatic N) is 1. The Hall–Kier alpha value is -1.06. The summed E-state index contributed by atoms with van der Waals surface area (Å²) in [5, 5.41) is 2.83. The molecule has 2 amide bonds. The van der Waals surface area contributed by atoms with Gasteiger partial charge in [0.1, 0.15) is 0 Å². The SMILES string of the molecule is CC(=O)NC1CCCN(C(C)=O)C1. The van der Waals surface area contributed by atoms with E-state index in [1.165, 1.54) is 6.92 Å². The van der Waals surface area contributed by atoms with Gasteiger partial charge in [0.2, 0.25) is 11.8 Å². The lowest BCUT2D eigenvalue weighted by Crippen LogP contribution is -2.48. The zero-order chi connectivity index (χ0) is 9.84. The number of carbonyl (C=O) groups is 2. The quantitative estimate of drug-likeness (QED) is 0.630. The van der Waals surface area contributed by atoms with Gasteiger partial charge < -0.3 is 10.2 Å². The third-order valence-electron chi connectivity index (χ3n) is 2.27. The number of likely N-dealkylation sites (tertiary alicyclic amines) is 1. The molecule has 1 fully saturated rings. The Kier molecular flexibility index (Phi) is 3.28. The number of hydrogen-bond acceptors (Lipinski definition) is 2. The molecule has 0 radical (unpaired) electrons. The Morgan fingerprint density at radius 1 is 1.38 bits per heavy atom. The molecular formula is C9H16N2O2. The predicted molar refractivity (Wildman–Crippen MR) is 49.1 cm³/mol. The van der Waals surface area contributed by atoms with Crippen LogP contribution < -0.4 is 5.32 Å². The number of piperidine rings is 1. The van der Waals surface area contributed by atoms with Crippen LogP contribution in [0.2, 0.25) is 0 Å². The molecule has 1 rings (SSSR count). The highest BCUT2D eigenvalue weighted by atomic mass is 16.2. The van der Waals surface area contributed by atoms with E-state index in [2.05, 4.69) is 5.32 Å². The Labute approximate surface area is 78.3 Å². The van der Waals surface area contributed by atoms with Crippen LogP contribution in [0.15, 0.2) is 0 Å². The summed E-state index contributed by atoms with van der Waals surface area (Å²) in [6, 6.07) is 0.148. The first-order valence-corrected chi connectivity index (χ1v) is 4.62. The van der Waals surface area contributed by atoms with Gasteiger partial charge in [0.05, 0.1) is 0 Å². The van der Waals surface area contributed by atoms with E-state index in [0.717, 1.165) is 19.4 Å². The number of rotatable bonds is 1. The van der Waals surface area contributed by atoms with Gasteiger partial charge >= 0.3 is 0 Å². The highest BCUT2D eigenvalue weighted by Crippen LogP contribution is 2.09. The largest absolute Gasteiger partial charge is 0.352 e. The van der Waals surface area contributed by atoms with Crippen molar-refractivity contribution >= 4 is 11.8 Å². The molecule has 1 aliphatic heterocycles. The van der Waals surface area contributed by atoms with E-state index < -0.39 is 0 Å². The van der Waals surface area contributed by atoms with E-state index in [1.54, 1.807) is 11.8 Å². The molecule has 0 aromatic rings. The van der Waals surface area contributed by atoms with Gasteiger partial charge in [-0.15, -0.1) is 0 Å². The Morgan fingerprint density at radius 3 is 2.62 bits per heavy atom. The molecular weight excluding hydrogens is 168 g/mol. The summed E-state index contributed by atoms with van der Waals surface area (Å²) in [5.74, 6) is 0.0745. The van der Waals surface area contributed by atoms with Gasteiger partial charge in [0.15, 0.2) is 0 Å². The second-order valence-electron chi connectivity index (χ2n) is 3.50. The second-order valence-corrected chi connectivity index (χ2v) is 3.50. The molecule has 4 nitrogen and oxygen atoms in total. The maximum atomic E-state index is 11.0. The molecule has 74 valence electrons. The Bertz CT molecular complexity index is 216. The topological polar surface area (TPSA) is 49.4 Å². The summed E-state index contributed by atoms with van der Waals surface area (Å²) < 4.78 is 0. The van der Waals surface area contributed by atoms with Gasteiger partial charge in [-0.1, -0.05) is 0 Å². The standard InChI is InChI=1S/C9H16N2O2/c1-7(12)10-9-4-3-5-11(6-9)8(2)13/h9H,3-6H2,1-2H3,(H,10,12). The van der Waals surface area contributed by atoms with Crippen LogP contribution in [0.4, 0.5) is 0 Å². The zero-order valence-electron chi connectivity index (χ0n) is 8.17. The molecule has 0 saturated carbocycles. The molecule has 4 heteroatoms. The summed E-state index contributed by atoms with van der Waals surface area (Å²) in [4.78, 5) is 23.6. The van der Waals surface area contributed by atoms with Crippen molar-refractivity contribution in [3.8, 4) is 0 Å². The van der Waals surface area contributed by atoms with Crippen molar-refractivity contribution < 1.29 is 9.59 Å². The molecule has 0 aliphatic carbocycles. The van der Waals surface area contributed by atoms with Crippen LogP contribution in [0, 0.1) is 0 Å². The fourth-order valence-corrected chi connectivity index (χ4v) is 1.67. The van der Waals surface area contributed by atoms with E-state index in [-0.39, 0.29) is 17.9 Å². The molecule has 13 heavy (non-hydrogen) atoms. The second kappa shape index (κ2) is 4.25. The summed E-state index contributed by atoms with van der Waals surface area (Å²) in [7, 11) is 0. The van der Waals surface area contributed by atoms with E-state index in [9.17, 15) is 9.59 Å². The first kappa shape index (κ1) is 10.0. The van der Waals surface area contributed by atoms with Crippen molar-refractivity contribution in [2.75, 3.05) is 13.1 Å². The predicted octanol–water partition coefficient (Wildman–Crippen LogP) is 0.133. The van der Waals surface area contributed by atoms with E-state index in [0.29, 0.717) is 6.54 Å². The molecule has 1 saturated heterocycles. The lowest BCUT2D eigenvalue weighted by atomic mass is 10.1. The van der Waals surface area contributed by atoms with Crippen molar-refractivity contribution in [1.82, 2.24) is 10.2 Å². The van der Waals surface area contributed by atoms with E-state index >= 15 is 0 Å². The molecule has 0 aromatic heterocycles. The van der Waals surface area contributed by atoms with Crippen molar-refractivity contribution in [1.29, 1.82) is 0 Å². The Morgan fingerprint density at radius 2 is 2.08 bits per heavy atom. The summed E-state index contributed by atoms with van der Waals surface area (Å²) >= 11 is 0. The van der Waals surface area contributed by atoms with Gasteiger partial charge in [0, 0.05) is 33.0 Å². The molecule has 0 bridgehead atoms. The van der Waals surface area contributed by atoms with Crippen LogP contribution in [-0.2, 0) is 9.59 Å². The average Bonchev–Trinajstić information content (AvgIpc) is 2.03. The molecule has 1 aliphatic rings. The summed E-state index contributed by atoms with van der Waals surface area (Å²) in [6.07, 6.45) is 1.95. The molecule has 1 N–H and O–H groups in total.